The molecule has 5 heteroatoms. The molecule has 3 rings (SSSR count). The fourth-order valence-corrected chi connectivity index (χ4v) is 3.67. The zero-order chi connectivity index (χ0) is 18.8. The zero-order valence-electron chi connectivity index (χ0n) is 15.5. The Hall–Kier alpha value is -2.61. The van der Waals surface area contributed by atoms with Crippen molar-refractivity contribution in [3.05, 3.63) is 45.0 Å². The fourth-order valence-electron chi connectivity index (χ4n) is 3.67. The maximum absolute atomic E-state index is 12.2. The molecular formula is C21H23NO4. The van der Waals surface area contributed by atoms with Gasteiger partial charge in [-0.1, -0.05) is 11.6 Å². The summed E-state index contributed by atoms with van der Waals surface area (Å²) in [5.74, 6) is -0.151. The largest absolute Gasteiger partial charge is 0.469 e. The smallest absolute Gasteiger partial charge is 0.340 e. The first-order valence-electron chi connectivity index (χ1n) is 8.95. The Morgan fingerprint density at radius 3 is 2.73 bits per heavy atom. The van der Waals surface area contributed by atoms with Gasteiger partial charge in [0.05, 0.1) is 18.2 Å². The first-order chi connectivity index (χ1) is 12.5. The van der Waals surface area contributed by atoms with Crippen LogP contribution in [0, 0.1) is 18.3 Å². The molecule has 2 aliphatic rings. The highest BCUT2D eigenvalue weighted by molar-refractivity contribution is 5.97. The maximum atomic E-state index is 12.2. The number of carbonyl (C=O) groups excluding carboxylic acids is 2. The Kier molecular flexibility index (Phi) is 5.13. The molecule has 0 radical (unpaired) electrons. The first kappa shape index (κ1) is 18.2. The summed E-state index contributed by atoms with van der Waals surface area (Å²) in [5, 5.41) is 9.75. The lowest BCUT2D eigenvalue weighted by Crippen LogP contribution is -2.08. The molecule has 0 bridgehead atoms. The number of carbonyl (C=O) groups is 2. The molecule has 1 heterocycles. The van der Waals surface area contributed by atoms with E-state index < -0.39 is 5.97 Å². The third kappa shape index (κ3) is 3.37. The van der Waals surface area contributed by atoms with E-state index in [0.717, 1.165) is 35.1 Å². The van der Waals surface area contributed by atoms with Gasteiger partial charge in [0.15, 0.2) is 0 Å². The summed E-state index contributed by atoms with van der Waals surface area (Å²) >= 11 is 0. The van der Waals surface area contributed by atoms with Crippen molar-refractivity contribution in [3.8, 4) is 6.07 Å². The van der Waals surface area contributed by atoms with Crippen molar-refractivity contribution in [2.24, 2.45) is 0 Å². The van der Waals surface area contributed by atoms with Crippen molar-refractivity contribution in [1.29, 1.82) is 5.26 Å². The molecule has 0 amide bonds. The van der Waals surface area contributed by atoms with Gasteiger partial charge in [-0.2, -0.15) is 5.26 Å². The number of fused-ring (bicyclic) bond motifs is 1. The second-order valence-corrected chi connectivity index (χ2v) is 7.04. The van der Waals surface area contributed by atoms with Gasteiger partial charge in [-0.25, -0.2) is 4.79 Å². The Morgan fingerprint density at radius 1 is 1.38 bits per heavy atom. The van der Waals surface area contributed by atoms with Crippen molar-refractivity contribution in [3.63, 3.8) is 0 Å². The van der Waals surface area contributed by atoms with Crippen LogP contribution in [0.2, 0.25) is 0 Å². The minimum atomic E-state index is -0.394. The molecule has 1 fully saturated rings. The molecule has 0 atom stereocenters. The van der Waals surface area contributed by atoms with E-state index in [1.54, 1.807) is 0 Å². The summed E-state index contributed by atoms with van der Waals surface area (Å²) in [6, 6.07) is 2.26. The third-order valence-electron chi connectivity index (χ3n) is 5.29. The number of benzene rings is 1. The number of allylic oxidation sites excluding steroid dienone is 2. The molecule has 0 N–H and O–H groups in total. The highest BCUT2D eigenvalue weighted by Crippen LogP contribution is 2.47. The van der Waals surface area contributed by atoms with Gasteiger partial charge in [-0.3, -0.25) is 4.79 Å². The first-order valence-corrected chi connectivity index (χ1v) is 8.95. The molecule has 1 aromatic carbocycles. The molecule has 1 aliphatic heterocycles. The monoisotopic (exact) mass is 353 g/mol. The van der Waals surface area contributed by atoms with Crippen LogP contribution >= 0.6 is 0 Å². The van der Waals surface area contributed by atoms with Crippen LogP contribution in [0.5, 0.6) is 0 Å². The molecule has 1 aromatic rings. The number of methoxy groups -OCH3 is 1. The minimum Gasteiger partial charge on any atom is -0.469 e. The van der Waals surface area contributed by atoms with Gasteiger partial charge in [0.1, 0.15) is 12.7 Å². The normalized spacial score (nSPS) is 16.1. The molecule has 1 saturated carbocycles. The van der Waals surface area contributed by atoms with Gasteiger partial charge in [0, 0.05) is 12.0 Å². The Balaban J connectivity index is 1.97. The standard InChI is InChI=1S/C21H23NO4/c1-12(5-9-18(23)25-3)4-8-15-16(10-22)20-17(11-26-21(20)24)13(2)19(15)14-6-7-14/h4,14H,5-9,11H2,1-3H3/b12-4+. The lowest BCUT2D eigenvalue weighted by molar-refractivity contribution is -0.140. The lowest BCUT2D eigenvalue weighted by Gasteiger charge is -2.17. The number of nitriles is 1. The summed E-state index contributed by atoms with van der Waals surface area (Å²) < 4.78 is 9.88. The average molecular weight is 353 g/mol. The molecule has 0 aromatic heterocycles. The molecule has 0 unspecified atom stereocenters. The van der Waals surface area contributed by atoms with Crippen LogP contribution in [0.4, 0.5) is 0 Å². The van der Waals surface area contributed by atoms with E-state index in [-0.39, 0.29) is 12.6 Å². The number of ether oxygens (including phenoxy) is 2. The maximum Gasteiger partial charge on any atom is 0.340 e. The summed E-state index contributed by atoms with van der Waals surface area (Å²) in [6.45, 7) is 4.27. The molecule has 26 heavy (non-hydrogen) atoms. The lowest BCUT2D eigenvalue weighted by atomic mass is 9.84. The topological polar surface area (TPSA) is 76.4 Å². The van der Waals surface area contributed by atoms with Crippen molar-refractivity contribution in [1.82, 2.24) is 0 Å². The fraction of sp³-hybridized carbons (Fsp3) is 0.476. The molecule has 0 spiro atoms. The van der Waals surface area contributed by atoms with Gasteiger partial charge >= 0.3 is 11.9 Å². The SMILES string of the molecule is COC(=O)CC/C(C)=C/Cc1c(C#N)c2c(c(C)c1C1CC1)COC2=O. The third-order valence-corrected chi connectivity index (χ3v) is 5.29. The van der Waals surface area contributed by atoms with Crippen molar-refractivity contribution < 1.29 is 19.1 Å². The van der Waals surface area contributed by atoms with Crippen LogP contribution in [0.15, 0.2) is 11.6 Å². The van der Waals surface area contributed by atoms with E-state index in [9.17, 15) is 14.9 Å². The summed E-state index contributed by atoms with van der Waals surface area (Å²) in [5.41, 5.74) is 6.13. The van der Waals surface area contributed by atoms with Crippen molar-refractivity contribution in [2.45, 2.75) is 58.5 Å². The van der Waals surface area contributed by atoms with Gasteiger partial charge in [-0.05, 0) is 62.1 Å². The van der Waals surface area contributed by atoms with Crippen LogP contribution in [0.25, 0.3) is 0 Å². The van der Waals surface area contributed by atoms with Crippen molar-refractivity contribution in [2.75, 3.05) is 7.11 Å². The number of rotatable bonds is 6. The van der Waals surface area contributed by atoms with Crippen LogP contribution in [0.1, 0.15) is 76.7 Å². The minimum absolute atomic E-state index is 0.231. The number of esters is 2. The van der Waals surface area contributed by atoms with E-state index in [2.05, 4.69) is 16.9 Å². The van der Waals surface area contributed by atoms with Gasteiger partial charge in [0.25, 0.3) is 0 Å². The number of cyclic esters (lactones) is 1. The Labute approximate surface area is 153 Å². The summed E-state index contributed by atoms with van der Waals surface area (Å²) in [6.07, 6.45) is 5.85. The van der Waals surface area contributed by atoms with E-state index in [0.29, 0.717) is 36.3 Å². The van der Waals surface area contributed by atoms with Gasteiger partial charge in [0.2, 0.25) is 0 Å². The molecule has 5 nitrogen and oxygen atoms in total. The van der Waals surface area contributed by atoms with E-state index in [4.69, 9.17) is 4.74 Å². The van der Waals surface area contributed by atoms with E-state index in [1.165, 1.54) is 12.7 Å². The quantitative estimate of drug-likeness (QED) is 0.573. The van der Waals surface area contributed by atoms with E-state index in [1.807, 2.05) is 13.8 Å². The highest BCUT2D eigenvalue weighted by Gasteiger charge is 2.36. The van der Waals surface area contributed by atoms with Gasteiger partial charge < -0.3 is 9.47 Å². The van der Waals surface area contributed by atoms with Crippen LogP contribution < -0.4 is 0 Å². The predicted molar refractivity (Wildman–Crippen MR) is 95.7 cm³/mol. The second kappa shape index (κ2) is 7.33. The highest BCUT2D eigenvalue weighted by atomic mass is 16.5. The molecule has 136 valence electrons. The summed E-state index contributed by atoms with van der Waals surface area (Å²) in [7, 11) is 1.38. The number of nitrogens with zero attached hydrogens (tertiary/aromatic N) is 1. The van der Waals surface area contributed by atoms with Crippen LogP contribution in [-0.2, 0) is 27.3 Å². The number of hydrogen-bond acceptors (Lipinski definition) is 5. The average Bonchev–Trinajstić information content (AvgIpc) is 3.40. The van der Waals surface area contributed by atoms with Crippen LogP contribution in [0.3, 0.4) is 0 Å². The summed E-state index contributed by atoms with van der Waals surface area (Å²) in [4.78, 5) is 23.5. The zero-order valence-corrected chi connectivity index (χ0v) is 15.5. The predicted octanol–water partition coefficient (Wildman–Crippen LogP) is 3.86. The Morgan fingerprint density at radius 2 is 2.12 bits per heavy atom. The molecular weight excluding hydrogens is 330 g/mol. The number of hydrogen-bond donors (Lipinski definition) is 0. The second-order valence-electron chi connectivity index (χ2n) is 7.04. The van der Waals surface area contributed by atoms with Crippen molar-refractivity contribution >= 4 is 11.9 Å². The van der Waals surface area contributed by atoms with Gasteiger partial charge in [-0.15, -0.1) is 0 Å². The van der Waals surface area contributed by atoms with E-state index >= 15 is 0 Å². The molecule has 1 aliphatic carbocycles. The molecule has 0 saturated heterocycles. The Bertz CT molecular complexity index is 841. The van der Waals surface area contributed by atoms with Crippen LogP contribution in [-0.4, -0.2) is 19.0 Å².